The van der Waals surface area contributed by atoms with E-state index >= 15 is 0 Å². The van der Waals surface area contributed by atoms with Gasteiger partial charge in [-0.25, -0.2) is 0 Å². The summed E-state index contributed by atoms with van der Waals surface area (Å²) in [5.41, 5.74) is 0. The molecule has 0 rings (SSSR count). The number of nitriles is 1. The largest absolute Gasteiger partial charge is 0.515 e. The zero-order chi connectivity index (χ0) is 5.70. The van der Waals surface area contributed by atoms with E-state index in [1.807, 2.05) is 0 Å². The number of aliphatic hydroxyl groups excluding tert-OH is 1. The highest BCUT2D eigenvalue weighted by molar-refractivity contribution is 6.02. The minimum atomic E-state index is -0.748. The van der Waals surface area contributed by atoms with E-state index in [4.69, 9.17) is 10.4 Å². The second kappa shape index (κ2) is 2.91. The van der Waals surface area contributed by atoms with Crippen molar-refractivity contribution in [2.45, 2.75) is 0 Å². The lowest BCUT2D eigenvalue weighted by Crippen LogP contribution is -1.82. The van der Waals surface area contributed by atoms with Gasteiger partial charge in [0.15, 0.2) is 0 Å². The van der Waals surface area contributed by atoms with Gasteiger partial charge in [-0.2, -0.15) is 5.26 Å². The molecule has 0 saturated heterocycles. The summed E-state index contributed by atoms with van der Waals surface area (Å²) >= 11 is 0. The minimum absolute atomic E-state index is 0.533. The molecule has 7 heavy (non-hydrogen) atoms. The molecular weight excluding hydrogens is 94.0 g/mol. The van der Waals surface area contributed by atoms with Gasteiger partial charge in [-0.3, -0.25) is 4.79 Å². The van der Waals surface area contributed by atoms with Gasteiger partial charge < -0.3 is 5.11 Å². The highest BCUT2D eigenvalue weighted by Gasteiger charge is 1.84. The van der Waals surface area contributed by atoms with Crippen LogP contribution in [0, 0.1) is 11.3 Å². The van der Waals surface area contributed by atoms with Crippen molar-refractivity contribution >= 4 is 5.78 Å². The molecule has 36 valence electrons. The number of hydrogen-bond acceptors (Lipinski definition) is 3. The predicted octanol–water partition coefficient (Wildman–Crippen LogP) is 0.151. The van der Waals surface area contributed by atoms with Gasteiger partial charge in [0.25, 0.3) is 5.78 Å². The summed E-state index contributed by atoms with van der Waals surface area (Å²) in [5, 5.41) is 15.5. The molecular formula is C4H3NO2. The second-order valence-electron chi connectivity index (χ2n) is 0.792. The van der Waals surface area contributed by atoms with Gasteiger partial charge in [-0.15, -0.1) is 0 Å². The van der Waals surface area contributed by atoms with Gasteiger partial charge in [-0.1, -0.05) is 0 Å². The molecule has 3 nitrogen and oxygen atoms in total. The van der Waals surface area contributed by atoms with E-state index in [2.05, 4.69) is 0 Å². The first-order chi connectivity index (χ1) is 3.31. The van der Waals surface area contributed by atoms with Crippen LogP contribution in [0.2, 0.25) is 0 Å². The molecule has 1 N–H and O–H groups in total. The number of nitrogens with zero attached hydrogens (tertiary/aromatic N) is 1. The molecule has 0 aliphatic carbocycles. The lowest BCUT2D eigenvalue weighted by Gasteiger charge is -1.65. The number of rotatable bonds is 1. The van der Waals surface area contributed by atoms with Crippen LogP contribution in [-0.4, -0.2) is 10.9 Å². The molecule has 0 aromatic rings. The number of aliphatic hydroxyl groups is 1. The molecule has 0 radical (unpaired) electrons. The molecule has 0 fully saturated rings. The maximum atomic E-state index is 9.80. The fourth-order valence-corrected chi connectivity index (χ4v) is 0.105. The number of carbonyl (C=O) groups excluding carboxylic acids is 1. The fourth-order valence-electron chi connectivity index (χ4n) is 0.105. The van der Waals surface area contributed by atoms with E-state index in [0.717, 1.165) is 6.08 Å². The Morgan fingerprint density at radius 1 is 1.86 bits per heavy atom. The van der Waals surface area contributed by atoms with Crippen molar-refractivity contribution in [3.63, 3.8) is 0 Å². The van der Waals surface area contributed by atoms with Crippen molar-refractivity contribution in [3.05, 3.63) is 12.3 Å². The van der Waals surface area contributed by atoms with Crippen LogP contribution in [0.4, 0.5) is 0 Å². The maximum absolute atomic E-state index is 9.80. The van der Waals surface area contributed by atoms with Crippen LogP contribution in [0.5, 0.6) is 0 Å². The van der Waals surface area contributed by atoms with Crippen molar-refractivity contribution < 1.29 is 9.90 Å². The minimum Gasteiger partial charge on any atom is -0.515 e. The predicted molar refractivity (Wildman–Crippen MR) is 22.4 cm³/mol. The molecule has 0 saturated carbocycles. The summed E-state index contributed by atoms with van der Waals surface area (Å²) in [6, 6.07) is 1.28. The van der Waals surface area contributed by atoms with Gasteiger partial charge in [0.1, 0.15) is 6.07 Å². The molecule has 0 spiro atoms. The van der Waals surface area contributed by atoms with Crippen molar-refractivity contribution in [2.24, 2.45) is 0 Å². The zero-order valence-electron chi connectivity index (χ0n) is 3.46. The summed E-state index contributed by atoms with van der Waals surface area (Å²) in [7, 11) is 0. The smallest absolute Gasteiger partial charge is 0.258 e. The van der Waals surface area contributed by atoms with Gasteiger partial charge in [0.2, 0.25) is 0 Å². The Labute approximate surface area is 40.5 Å². The van der Waals surface area contributed by atoms with Crippen LogP contribution in [0.25, 0.3) is 0 Å². The van der Waals surface area contributed by atoms with Crippen LogP contribution < -0.4 is 0 Å². The van der Waals surface area contributed by atoms with Gasteiger partial charge in [0.05, 0.1) is 6.26 Å². The highest BCUT2D eigenvalue weighted by Crippen LogP contribution is 1.67. The molecule has 3 heteroatoms. The van der Waals surface area contributed by atoms with Crippen molar-refractivity contribution in [2.75, 3.05) is 0 Å². The quantitative estimate of drug-likeness (QED) is 0.288. The summed E-state index contributed by atoms with van der Waals surface area (Å²) < 4.78 is 0. The Morgan fingerprint density at radius 2 is 2.43 bits per heavy atom. The first-order valence-electron chi connectivity index (χ1n) is 1.56. The van der Waals surface area contributed by atoms with E-state index in [-0.39, 0.29) is 0 Å². The number of allylic oxidation sites excluding steroid dienone is 1. The average molecular weight is 97.1 g/mol. The topological polar surface area (TPSA) is 61.1 Å². The Balaban J connectivity index is 3.66. The first-order valence-corrected chi connectivity index (χ1v) is 1.56. The zero-order valence-corrected chi connectivity index (χ0v) is 3.46. The van der Waals surface area contributed by atoms with Crippen LogP contribution in [-0.2, 0) is 4.79 Å². The molecule has 0 aromatic carbocycles. The van der Waals surface area contributed by atoms with Crippen LogP contribution >= 0.6 is 0 Å². The third kappa shape index (κ3) is 2.50. The van der Waals surface area contributed by atoms with E-state index in [1.54, 1.807) is 0 Å². The average Bonchev–Trinajstić information content (AvgIpc) is 1.68. The lowest BCUT2D eigenvalue weighted by atomic mass is 10.4. The van der Waals surface area contributed by atoms with E-state index in [0.29, 0.717) is 6.26 Å². The standard InChI is InChI=1S/C4H3NO2/c5-3-4(7)1-2-6/h1-2,6H. The summed E-state index contributed by atoms with van der Waals surface area (Å²) in [6.07, 6.45) is 1.31. The molecule has 0 aliphatic rings. The third-order valence-corrected chi connectivity index (χ3v) is 0.336. The number of ketones is 1. The molecule has 0 aromatic heterocycles. The normalized spacial score (nSPS) is 8.43. The van der Waals surface area contributed by atoms with Crippen molar-refractivity contribution in [3.8, 4) is 6.07 Å². The summed E-state index contributed by atoms with van der Waals surface area (Å²) in [5.74, 6) is -0.748. The Kier molecular flexibility index (Phi) is 2.37. The molecule has 0 bridgehead atoms. The Hall–Kier alpha value is -1.30. The van der Waals surface area contributed by atoms with Gasteiger partial charge in [-0.05, 0) is 0 Å². The number of carbonyl (C=O) groups is 1. The third-order valence-electron chi connectivity index (χ3n) is 0.336. The summed E-state index contributed by atoms with van der Waals surface area (Å²) in [4.78, 5) is 9.80. The Bertz CT molecular complexity index is 131. The fraction of sp³-hybridized carbons (Fsp3) is 0. The molecule has 0 heterocycles. The molecule has 0 atom stereocenters. The van der Waals surface area contributed by atoms with Crippen LogP contribution in [0.15, 0.2) is 12.3 Å². The lowest BCUT2D eigenvalue weighted by molar-refractivity contribution is -0.109. The number of hydrogen-bond donors (Lipinski definition) is 1. The van der Waals surface area contributed by atoms with E-state index < -0.39 is 5.78 Å². The maximum Gasteiger partial charge on any atom is 0.258 e. The van der Waals surface area contributed by atoms with Crippen LogP contribution in [0.1, 0.15) is 0 Å². The molecule has 0 amide bonds. The van der Waals surface area contributed by atoms with Gasteiger partial charge in [0, 0.05) is 6.08 Å². The van der Waals surface area contributed by atoms with Crippen molar-refractivity contribution in [1.82, 2.24) is 0 Å². The monoisotopic (exact) mass is 97.0 g/mol. The highest BCUT2D eigenvalue weighted by atomic mass is 16.2. The summed E-state index contributed by atoms with van der Waals surface area (Å²) in [6.45, 7) is 0. The van der Waals surface area contributed by atoms with Crippen molar-refractivity contribution in [1.29, 1.82) is 5.26 Å². The Morgan fingerprint density at radius 3 is 2.57 bits per heavy atom. The molecule has 0 unspecified atom stereocenters. The van der Waals surface area contributed by atoms with Crippen LogP contribution in [0.3, 0.4) is 0 Å². The molecule has 0 aliphatic heterocycles. The SMILES string of the molecule is N#CC(=O)C=CO. The van der Waals surface area contributed by atoms with E-state index in [1.165, 1.54) is 6.07 Å². The second-order valence-corrected chi connectivity index (χ2v) is 0.792. The first kappa shape index (κ1) is 5.70. The van der Waals surface area contributed by atoms with E-state index in [9.17, 15) is 4.79 Å². The van der Waals surface area contributed by atoms with Gasteiger partial charge >= 0.3 is 0 Å².